The molecule has 0 saturated carbocycles. The number of thiol groups is 1. The average molecular weight is 273 g/mol. The van der Waals surface area contributed by atoms with Crippen molar-refractivity contribution in [1.82, 2.24) is 20.3 Å². The van der Waals surface area contributed by atoms with E-state index in [9.17, 15) is 4.79 Å². The van der Waals surface area contributed by atoms with E-state index >= 15 is 0 Å². The highest BCUT2D eigenvalue weighted by Gasteiger charge is 2.03. The van der Waals surface area contributed by atoms with E-state index in [2.05, 4.69) is 28.3 Å². The number of amides is 1. The zero-order valence-corrected chi connectivity index (χ0v) is 11.1. The van der Waals surface area contributed by atoms with Crippen LogP contribution in [-0.2, 0) is 22.6 Å². The highest BCUT2D eigenvalue weighted by molar-refractivity contribution is 7.80. The highest BCUT2D eigenvalue weighted by atomic mass is 32.1. The molecule has 0 aliphatic rings. The van der Waals surface area contributed by atoms with Gasteiger partial charge in [0.15, 0.2) is 0 Å². The lowest BCUT2D eigenvalue weighted by Gasteiger charge is -2.01. The van der Waals surface area contributed by atoms with Gasteiger partial charge in [0.2, 0.25) is 5.91 Å². The van der Waals surface area contributed by atoms with Crippen LogP contribution in [0.3, 0.4) is 0 Å². The fraction of sp³-hybridized carbons (Fsp3) is 0.700. The number of aromatic nitrogens is 3. The molecular formula is C10H19N5O2S. The topological polar surface area (TPSA) is 95.1 Å². The number of nitrogens with two attached hydrogens (primary N) is 1. The van der Waals surface area contributed by atoms with Gasteiger partial charge in [0, 0.05) is 13.0 Å². The maximum absolute atomic E-state index is 11.2. The van der Waals surface area contributed by atoms with Crippen LogP contribution >= 0.6 is 12.6 Å². The molecule has 0 fully saturated rings. The number of nitrogens with zero attached hydrogens (tertiary/aromatic N) is 3. The van der Waals surface area contributed by atoms with Crippen molar-refractivity contribution in [2.24, 2.45) is 5.73 Å². The van der Waals surface area contributed by atoms with Gasteiger partial charge in [0.25, 0.3) is 0 Å². The van der Waals surface area contributed by atoms with Gasteiger partial charge in [-0.2, -0.15) is 12.6 Å². The molecule has 1 aromatic heterocycles. The van der Waals surface area contributed by atoms with E-state index in [0.717, 1.165) is 5.69 Å². The predicted molar refractivity (Wildman–Crippen MR) is 70.2 cm³/mol. The fourth-order valence-corrected chi connectivity index (χ4v) is 1.45. The Morgan fingerprint density at radius 1 is 1.56 bits per heavy atom. The largest absolute Gasteiger partial charge is 0.378 e. The Balaban J connectivity index is 2.23. The molecule has 0 atom stereocenters. The fourth-order valence-electron chi connectivity index (χ4n) is 1.25. The molecule has 0 radical (unpaired) electrons. The Morgan fingerprint density at radius 3 is 3.11 bits per heavy atom. The molecule has 1 aromatic rings. The number of rotatable bonds is 9. The lowest BCUT2D eigenvalue weighted by molar-refractivity contribution is -0.120. The second-order valence-electron chi connectivity index (χ2n) is 3.62. The third-order valence-electron chi connectivity index (χ3n) is 2.12. The Bertz CT molecular complexity index is 358. The van der Waals surface area contributed by atoms with Crippen molar-refractivity contribution in [3.05, 3.63) is 11.9 Å². The quantitative estimate of drug-likeness (QED) is 0.404. The number of carbonyl (C=O) groups is 1. The van der Waals surface area contributed by atoms with Gasteiger partial charge in [-0.15, -0.1) is 5.10 Å². The van der Waals surface area contributed by atoms with Crippen LogP contribution in [0.25, 0.3) is 0 Å². The number of nitrogens with one attached hydrogen (secondary N) is 1. The summed E-state index contributed by atoms with van der Waals surface area (Å²) in [6.45, 7) is 2.61. The van der Waals surface area contributed by atoms with E-state index in [4.69, 9.17) is 10.5 Å². The molecule has 0 unspecified atom stereocenters. The van der Waals surface area contributed by atoms with Gasteiger partial charge in [-0.25, -0.2) is 4.68 Å². The molecule has 0 spiro atoms. The van der Waals surface area contributed by atoms with Crippen LogP contribution in [0.15, 0.2) is 6.20 Å². The predicted octanol–water partition coefficient (Wildman–Crippen LogP) is -0.811. The molecule has 0 bridgehead atoms. The first-order valence-corrected chi connectivity index (χ1v) is 6.44. The van der Waals surface area contributed by atoms with E-state index in [1.807, 2.05) is 0 Å². The second kappa shape index (κ2) is 8.90. The van der Waals surface area contributed by atoms with Crippen molar-refractivity contribution in [2.75, 3.05) is 25.5 Å². The normalized spacial score (nSPS) is 10.6. The summed E-state index contributed by atoms with van der Waals surface area (Å²) < 4.78 is 6.91. The third kappa shape index (κ3) is 5.99. The van der Waals surface area contributed by atoms with Gasteiger partial charge in [0.05, 0.1) is 32.5 Å². The SMILES string of the molecule is NCCOCCn1cc(CNC(=O)CCS)nn1. The minimum absolute atomic E-state index is 0.0363. The molecule has 0 saturated heterocycles. The summed E-state index contributed by atoms with van der Waals surface area (Å²) in [5.74, 6) is 0.502. The van der Waals surface area contributed by atoms with Crippen LogP contribution < -0.4 is 11.1 Å². The first-order valence-electron chi connectivity index (χ1n) is 5.80. The number of hydrogen-bond acceptors (Lipinski definition) is 6. The zero-order valence-electron chi connectivity index (χ0n) is 10.2. The standard InChI is InChI=1S/C10H19N5O2S/c11-2-4-17-5-3-15-8-9(13-14-15)7-12-10(16)1-6-18/h8,18H,1-7,11H2,(H,12,16). The van der Waals surface area contributed by atoms with Gasteiger partial charge in [-0.3, -0.25) is 4.79 Å². The minimum Gasteiger partial charge on any atom is -0.378 e. The summed E-state index contributed by atoms with van der Waals surface area (Å²) in [5.41, 5.74) is 6.02. The smallest absolute Gasteiger partial charge is 0.221 e. The van der Waals surface area contributed by atoms with Crippen molar-refractivity contribution < 1.29 is 9.53 Å². The molecule has 0 aliphatic carbocycles. The lowest BCUT2D eigenvalue weighted by Crippen LogP contribution is -2.22. The first kappa shape index (κ1) is 14.9. The third-order valence-corrected chi connectivity index (χ3v) is 2.34. The highest BCUT2D eigenvalue weighted by Crippen LogP contribution is 1.94. The molecule has 102 valence electrons. The zero-order chi connectivity index (χ0) is 13.2. The molecule has 8 heteroatoms. The average Bonchev–Trinajstić information content (AvgIpc) is 2.81. The summed E-state index contributed by atoms with van der Waals surface area (Å²) in [6, 6.07) is 0. The molecule has 0 aliphatic heterocycles. The van der Waals surface area contributed by atoms with Crippen LogP contribution in [0, 0.1) is 0 Å². The van der Waals surface area contributed by atoms with Gasteiger partial charge in [0.1, 0.15) is 5.69 Å². The van der Waals surface area contributed by atoms with Gasteiger partial charge in [-0.05, 0) is 5.75 Å². The first-order chi connectivity index (χ1) is 8.76. The van der Waals surface area contributed by atoms with Crippen molar-refractivity contribution in [1.29, 1.82) is 0 Å². The van der Waals surface area contributed by atoms with Crippen molar-refractivity contribution in [3.8, 4) is 0 Å². The summed E-state index contributed by atoms with van der Waals surface area (Å²) in [7, 11) is 0. The number of ether oxygens (including phenoxy) is 1. The summed E-state index contributed by atoms with van der Waals surface area (Å²) in [6.07, 6.45) is 2.19. The molecule has 1 rings (SSSR count). The molecule has 0 aromatic carbocycles. The van der Waals surface area contributed by atoms with Crippen LogP contribution in [0.1, 0.15) is 12.1 Å². The van der Waals surface area contributed by atoms with Crippen LogP contribution in [0.5, 0.6) is 0 Å². The molecule has 1 amide bonds. The Labute approximate surface area is 111 Å². The molecular weight excluding hydrogens is 254 g/mol. The Kier molecular flexibility index (Phi) is 7.38. The van der Waals surface area contributed by atoms with E-state index < -0.39 is 0 Å². The molecule has 1 heterocycles. The Morgan fingerprint density at radius 2 is 2.39 bits per heavy atom. The van der Waals surface area contributed by atoms with Crippen molar-refractivity contribution >= 4 is 18.5 Å². The Hall–Kier alpha value is -1.12. The maximum atomic E-state index is 11.2. The number of hydrogen-bond donors (Lipinski definition) is 3. The van der Waals surface area contributed by atoms with Gasteiger partial charge < -0.3 is 15.8 Å². The monoisotopic (exact) mass is 273 g/mol. The van der Waals surface area contributed by atoms with E-state index in [1.165, 1.54) is 0 Å². The summed E-state index contributed by atoms with van der Waals surface area (Å²) >= 11 is 3.98. The number of carbonyl (C=O) groups excluding carboxylic acids is 1. The van der Waals surface area contributed by atoms with Crippen LogP contribution in [0.4, 0.5) is 0 Å². The van der Waals surface area contributed by atoms with Gasteiger partial charge in [-0.1, -0.05) is 5.21 Å². The van der Waals surface area contributed by atoms with Crippen LogP contribution in [0.2, 0.25) is 0 Å². The van der Waals surface area contributed by atoms with Gasteiger partial charge >= 0.3 is 0 Å². The summed E-state index contributed by atoms with van der Waals surface area (Å²) in [5, 5.41) is 10.6. The molecule has 3 N–H and O–H groups in total. The van der Waals surface area contributed by atoms with Crippen LogP contribution in [-0.4, -0.2) is 46.4 Å². The van der Waals surface area contributed by atoms with Crippen molar-refractivity contribution in [2.45, 2.75) is 19.5 Å². The molecule has 7 nitrogen and oxygen atoms in total. The lowest BCUT2D eigenvalue weighted by atomic mass is 10.4. The van der Waals surface area contributed by atoms with E-state index in [-0.39, 0.29) is 5.91 Å². The van der Waals surface area contributed by atoms with Crippen molar-refractivity contribution in [3.63, 3.8) is 0 Å². The summed E-state index contributed by atoms with van der Waals surface area (Å²) in [4.78, 5) is 11.2. The minimum atomic E-state index is -0.0363. The molecule has 18 heavy (non-hydrogen) atoms. The van der Waals surface area contributed by atoms with E-state index in [1.54, 1.807) is 10.9 Å². The second-order valence-corrected chi connectivity index (χ2v) is 4.07. The maximum Gasteiger partial charge on any atom is 0.221 e. The van der Waals surface area contributed by atoms with E-state index in [0.29, 0.717) is 45.0 Å².